The van der Waals surface area contributed by atoms with Crippen molar-refractivity contribution < 1.29 is 13.2 Å². The number of anilines is 2. The van der Waals surface area contributed by atoms with Crippen LogP contribution in [0.15, 0.2) is 23.1 Å². The van der Waals surface area contributed by atoms with Crippen LogP contribution >= 0.6 is 0 Å². The molecule has 0 aromatic heterocycles. The molecule has 0 fully saturated rings. The Kier molecular flexibility index (Phi) is 5.59. The molecule has 108 valence electrons. The molecule has 19 heavy (non-hydrogen) atoms. The van der Waals surface area contributed by atoms with E-state index in [9.17, 15) is 8.42 Å². The first-order valence-electron chi connectivity index (χ1n) is 6.09. The standard InChI is InChI=1S/C12H21N3O3S/c1-4-18-9(2)8-15-12-7-10(5-6-11(12)13)19(16,17)14-3/h5-7,9,14-15H,4,8,13H2,1-3H3. The van der Waals surface area contributed by atoms with Crippen molar-refractivity contribution in [1.29, 1.82) is 0 Å². The van der Waals surface area contributed by atoms with Crippen LogP contribution < -0.4 is 15.8 Å². The lowest BCUT2D eigenvalue weighted by Gasteiger charge is -2.15. The van der Waals surface area contributed by atoms with Crippen LogP contribution in [0.4, 0.5) is 11.4 Å². The van der Waals surface area contributed by atoms with Crippen LogP contribution in [0, 0.1) is 0 Å². The van der Waals surface area contributed by atoms with Crippen LogP contribution in [0.3, 0.4) is 0 Å². The number of ether oxygens (including phenoxy) is 1. The fraction of sp³-hybridized carbons (Fsp3) is 0.500. The highest BCUT2D eigenvalue weighted by Crippen LogP contribution is 2.22. The van der Waals surface area contributed by atoms with E-state index in [2.05, 4.69) is 10.0 Å². The smallest absolute Gasteiger partial charge is 0.240 e. The number of benzene rings is 1. The van der Waals surface area contributed by atoms with Crippen molar-refractivity contribution in [1.82, 2.24) is 4.72 Å². The van der Waals surface area contributed by atoms with Crippen molar-refractivity contribution in [3.63, 3.8) is 0 Å². The maximum Gasteiger partial charge on any atom is 0.240 e. The quantitative estimate of drug-likeness (QED) is 0.651. The van der Waals surface area contributed by atoms with Crippen molar-refractivity contribution in [2.45, 2.75) is 24.8 Å². The van der Waals surface area contributed by atoms with E-state index in [0.29, 0.717) is 24.5 Å². The molecule has 0 saturated heterocycles. The van der Waals surface area contributed by atoms with E-state index in [1.807, 2.05) is 13.8 Å². The number of nitrogen functional groups attached to an aromatic ring is 1. The number of nitrogens with two attached hydrogens (primary N) is 1. The van der Waals surface area contributed by atoms with Gasteiger partial charge in [-0.05, 0) is 39.1 Å². The molecule has 0 aliphatic carbocycles. The van der Waals surface area contributed by atoms with E-state index >= 15 is 0 Å². The fourth-order valence-electron chi connectivity index (χ4n) is 1.57. The van der Waals surface area contributed by atoms with Crippen molar-refractivity contribution >= 4 is 21.4 Å². The summed E-state index contributed by atoms with van der Waals surface area (Å²) >= 11 is 0. The third kappa shape index (κ3) is 4.38. The van der Waals surface area contributed by atoms with Gasteiger partial charge in [-0.25, -0.2) is 13.1 Å². The van der Waals surface area contributed by atoms with Crippen molar-refractivity contribution in [3.05, 3.63) is 18.2 Å². The van der Waals surface area contributed by atoms with Gasteiger partial charge in [0.15, 0.2) is 0 Å². The zero-order chi connectivity index (χ0) is 14.5. The van der Waals surface area contributed by atoms with Gasteiger partial charge < -0.3 is 15.8 Å². The van der Waals surface area contributed by atoms with Crippen LogP contribution in [-0.2, 0) is 14.8 Å². The minimum absolute atomic E-state index is 0.0222. The van der Waals surface area contributed by atoms with Crippen LogP contribution in [0.1, 0.15) is 13.8 Å². The summed E-state index contributed by atoms with van der Waals surface area (Å²) in [7, 11) is -2.09. The Labute approximate surface area is 114 Å². The highest BCUT2D eigenvalue weighted by Gasteiger charge is 2.13. The van der Waals surface area contributed by atoms with Gasteiger partial charge in [0.05, 0.1) is 22.4 Å². The lowest BCUT2D eigenvalue weighted by molar-refractivity contribution is 0.0855. The Balaban J connectivity index is 2.87. The summed E-state index contributed by atoms with van der Waals surface area (Å²) < 4.78 is 31.1. The minimum atomic E-state index is -3.46. The molecule has 6 nitrogen and oxygen atoms in total. The fourth-order valence-corrected chi connectivity index (χ4v) is 2.33. The molecule has 1 rings (SSSR count). The Morgan fingerprint density at radius 2 is 2.11 bits per heavy atom. The topological polar surface area (TPSA) is 93.4 Å². The molecule has 0 saturated carbocycles. The van der Waals surface area contributed by atoms with Gasteiger partial charge in [-0.15, -0.1) is 0 Å². The third-order valence-electron chi connectivity index (χ3n) is 2.63. The zero-order valence-corrected chi connectivity index (χ0v) is 12.3. The van der Waals surface area contributed by atoms with Crippen molar-refractivity contribution in [3.8, 4) is 0 Å². The van der Waals surface area contributed by atoms with Crippen LogP contribution in [0.25, 0.3) is 0 Å². The van der Waals surface area contributed by atoms with E-state index in [1.54, 1.807) is 6.07 Å². The summed E-state index contributed by atoms with van der Waals surface area (Å²) in [5, 5.41) is 3.09. The van der Waals surface area contributed by atoms with E-state index in [4.69, 9.17) is 10.5 Å². The molecule has 0 heterocycles. The molecule has 0 aliphatic rings. The van der Waals surface area contributed by atoms with Gasteiger partial charge >= 0.3 is 0 Å². The predicted molar refractivity (Wildman–Crippen MR) is 76.7 cm³/mol. The van der Waals surface area contributed by atoms with Gasteiger partial charge in [0, 0.05) is 13.2 Å². The second-order valence-corrected chi connectivity index (χ2v) is 5.99. The number of hydrogen-bond acceptors (Lipinski definition) is 5. The van der Waals surface area contributed by atoms with Crippen molar-refractivity contribution in [2.24, 2.45) is 0 Å². The summed E-state index contributed by atoms with van der Waals surface area (Å²) in [6, 6.07) is 4.55. The zero-order valence-electron chi connectivity index (χ0n) is 11.4. The summed E-state index contributed by atoms with van der Waals surface area (Å²) in [5.74, 6) is 0. The van der Waals surface area contributed by atoms with Crippen LogP contribution in [0.2, 0.25) is 0 Å². The highest BCUT2D eigenvalue weighted by molar-refractivity contribution is 7.89. The first kappa shape index (κ1) is 15.7. The Morgan fingerprint density at radius 1 is 1.42 bits per heavy atom. The maximum absolute atomic E-state index is 11.7. The van der Waals surface area contributed by atoms with E-state index < -0.39 is 10.0 Å². The molecule has 1 aromatic rings. The molecule has 0 aliphatic heterocycles. The van der Waals surface area contributed by atoms with E-state index in [1.165, 1.54) is 19.2 Å². The van der Waals surface area contributed by atoms with Crippen molar-refractivity contribution in [2.75, 3.05) is 31.2 Å². The van der Waals surface area contributed by atoms with Gasteiger partial charge in [0.1, 0.15) is 0 Å². The van der Waals surface area contributed by atoms with Crippen LogP contribution in [0.5, 0.6) is 0 Å². The Morgan fingerprint density at radius 3 is 2.68 bits per heavy atom. The second kappa shape index (κ2) is 6.74. The SMILES string of the molecule is CCOC(C)CNc1cc(S(=O)(=O)NC)ccc1N. The molecule has 1 atom stereocenters. The first-order chi connectivity index (χ1) is 8.90. The van der Waals surface area contributed by atoms with E-state index in [0.717, 1.165) is 0 Å². The molecule has 4 N–H and O–H groups in total. The number of nitrogens with one attached hydrogen (secondary N) is 2. The van der Waals surface area contributed by atoms with E-state index in [-0.39, 0.29) is 11.0 Å². The number of sulfonamides is 1. The molecule has 7 heteroatoms. The Bertz CT molecular complexity index is 517. The number of hydrogen-bond donors (Lipinski definition) is 3. The number of rotatable bonds is 7. The maximum atomic E-state index is 11.7. The Hall–Kier alpha value is -1.31. The lowest BCUT2D eigenvalue weighted by Crippen LogP contribution is -2.21. The minimum Gasteiger partial charge on any atom is -0.397 e. The monoisotopic (exact) mass is 287 g/mol. The van der Waals surface area contributed by atoms with Crippen LogP contribution in [-0.4, -0.2) is 34.7 Å². The van der Waals surface area contributed by atoms with Gasteiger partial charge in [-0.3, -0.25) is 0 Å². The lowest BCUT2D eigenvalue weighted by atomic mass is 10.2. The first-order valence-corrected chi connectivity index (χ1v) is 7.57. The molecule has 1 unspecified atom stereocenters. The molecule has 0 spiro atoms. The van der Waals surface area contributed by atoms with Gasteiger partial charge in [-0.1, -0.05) is 0 Å². The highest BCUT2D eigenvalue weighted by atomic mass is 32.2. The summed E-state index contributed by atoms with van der Waals surface area (Å²) in [4.78, 5) is 0.177. The largest absolute Gasteiger partial charge is 0.397 e. The predicted octanol–water partition coefficient (Wildman–Crippen LogP) is 1.01. The normalized spacial score (nSPS) is 13.2. The van der Waals surface area contributed by atoms with Gasteiger partial charge in [0.25, 0.3) is 0 Å². The summed E-state index contributed by atoms with van der Waals surface area (Å²) in [6.07, 6.45) is 0.0222. The molecular formula is C12H21N3O3S. The second-order valence-electron chi connectivity index (χ2n) is 4.10. The average molecular weight is 287 g/mol. The van der Waals surface area contributed by atoms with Gasteiger partial charge in [-0.2, -0.15) is 0 Å². The molecule has 0 radical (unpaired) electrons. The third-order valence-corrected chi connectivity index (χ3v) is 4.05. The molecule has 0 amide bonds. The molecular weight excluding hydrogens is 266 g/mol. The molecule has 1 aromatic carbocycles. The van der Waals surface area contributed by atoms with Gasteiger partial charge in [0.2, 0.25) is 10.0 Å². The molecule has 0 bridgehead atoms. The average Bonchev–Trinajstić information content (AvgIpc) is 2.38. The summed E-state index contributed by atoms with van der Waals surface area (Å²) in [6.45, 7) is 5.04. The summed E-state index contributed by atoms with van der Waals surface area (Å²) in [5.41, 5.74) is 6.90.